The molecule has 0 aromatic carbocycles. The minimum Gasteiger partial charge on any atom is -0.790 e. The molecule has 4 atom stereocenters. The first-order valence-electron chi connectivity index (χ1n) is 6.36. The predicted molar refractivity (Wildman–Crippen MR) is 77.0 cm³/mol. The summed E-state index contributed by atoms with van der Waals surface area (Å²) in [6.07, 6.45) is -3.11. The molecule has 15 heteroatoms. The Bertz CT molecular complexity index is 822. The molecule has 3 heterocycles. The van der Waals surface area contributed by atoms with Crippen LogP contribution in [0.4, 0.5) is 0 Å². The van der Waals surface area contributed by atoms with Gasteiger partial charge in [-0.05, 0) is 0 Å². The minimum absolute atomic E-state index is 0. The predicted octanol–water partition coefficient (Wildman–Crippen LogP) is -4.62. The smallest absolute Gasteiger partial charge is 0.790 e. The van der Waals surface area contributed by atoms with Gasteiger partial charge in [-0.2, -0.15) is 0 Å². The maximum Gasteiger partial charge on any atom is 2.00 e. The van der Waals surface area contributed by atoms with Gasteiger partial charge in [0.05, 0.1) is 27.1 Å². The molecule has 0 saturated carbocycles. The molecule has 3 rings (SSSR count). The second-order valence-corrected chi connectivity index (χ2v) is 6.00. The van der Waals surface area contributed by atoms with Crippen molar-refractivity contribution < 1.29 is 39.3 Å². The van der Waals surface area contributed by atoms with Gasteiger partial charge in [0.25, 0.3) is 5.56 Å². The second-order valence-electron chi connectivity index (χ2n) is 4.84. The maximum atomic E-state index is 11.6. The van der Waals surface area contributed by atoms with E-state index in [-0.39, 0.29) is 65.5 Å². The summed E-state index contributed by atoms with van der Waals surface area (Å²) in [5.41, 5.74) is -0.397. The molecule has 1 aliphatic rings. The molecule has 0 bridgehead atoms. The van der Waals surface area contributed by atoms with Crippen molar-refractivity contribution in [3.05, 3.63) is 23.0 Å². The van der Waals surface area contributed by atoms with Crippen molar-refractivity contribution in [2.24, 2.45) is 0 Å². The summed E-state index contributed by atoms with van der Waals surface area (Å²) in [4.78, 5) is 42.6. The van der Waals surface area contributed by atoms with Gasteiger partial charge in [-0.25, -0.2) is 9.97 Å². The Morgan fingerprint density at radius 1 is 1.36 bits per heavy atom. The molecule has 134 valence electrons. The third-order valence-corrected chi connectivity index (χ3v) is 3.84. The Morgan fingerprint density at radius 2 is 2.04 bits per heavy atom. The molecule has 0 amide bonds. The fourth-order valence-corrected chi connectivity index (χ4v) is 2.64. The number of fused-ring (bicyclic) bond motifs is 1. The Kier molecular flexibility index (Phi) is 7.98. The van der Waals surface area contributed by atoms with Crippen molar-refractivity contribution in [1.82, 2.24) is 19.5 Å². The summed E-state index contributed by atoms with van der Waals surface area (Å²) < 4.78 is 21.1. The largest absolute Gasteiger partial charge is 2.00 e. The van der Waals surface area contributed by atoms with Crippen molar-refractivity contribution in [2.45, 2.75) is 24.5 Å². The van der Waals surface area contributed by atoms with Crippen LogP contribution >= 0.6 is 7.82 Å². The Morgan fingerprint density at radius 3 is 2.68 bits per heavy atom. The molecule has 1 aliphatic heterocycles. The van der Waals surface area contributed by atoms with E-state index in [4.69, 9.17) is 4.74 Å². The van der Waals surface area contributed by atoms with Crippen LogP contribution in [0.15, 0.2) is 17.4 Å². The van der Waals surface area contributed by atoms with E-state index in [0.717, 1.165) is 6.33 Å². The number of aromatic amines is 1. The Labute approximate surface area is 179 Å². The summed E-state index contributed by atoms with van der Waals surface area (Å²) in [5.74, 6) is 0. The number of nitrogens with zero attached hydrogens (tertiary/aromatic N) is 3. The first-order valence-corrected chi connectivity index (χ1v) is 7.82. The molecule has 25 heavy (non-hydrogen) atoms. The average Bonchev–Trinajstić information content (AvgIpc) is 3.01. The number of nitrogens with one attached hydrogen (secondary N) is 1. The topological polar surface area (TPSA) is 217 Å². The zero-order valence-electron chi connectivity index (χ0n) is 12.5. The van der Waals surface area contributed by atoms with Crippen molar-refractivity contribution in [3.63, 3.8) is 0 Å². The van der Waals surface area contributed by atoms with Crippen LogP contribution in [-0.2, 0) is 13.8 Å². The fraction of sp³-hybridized carbons (Fsp3) is 0.500. The molecule has 0 spiro atoms. The molecule has 2 aromatic rings. The number of hydrogen-bond acceptors (Lipinski definition) is 10. The van der Waals surface area contributed by atoms with E-state index in [1.807, 2.05) is 0 Å². The van der Waals surface area contributed by atoms with Crippen LogP contribution in [-0.4, -0.2) is 109 Å². The normalized spacial score (nSPS) is 26.2. The molecule has 13 nitrogen and oxygen atoms in total. The van der Waals surface area contributed by atoms with Gasteiger partial charge in [0.1, 0.15) is 18.3 Å². The summed E-state index contributed by atoms with van der Waals surface area (Å²) in [5, 5.41) is 19.9. The monoisotopic (exact) mass is 502 g/mol. The molecule has 0 aliphatic carbocycles. The van der Waals surface area contributed by atoms with Crippen LogP contribution in [0.2, 0.25) is 0 Å². The van der Waals surface area contributed by atoms with Crippen LogP contribution in [0.3, 0.4) is 0 Å². The van der Waals surface area contributed by atoms with Crippen molar-refractivity contribution >= 4 is 67.9 Å². The number of ether oxygens (including phenoxy) is 1. The quantitative estimate of drug-likeness (QED) is 0.269. The third-order valence-electron chi connectivity index (χ3n) is 3.37. The first kappa shape index (κ1) is 22.9. The van der Waals surface area contributed by atoms with E-state index in [1.165, 1.54) is 10.9 Å². The summed E-state index contributed by atoms with van der Waals surface area (Å²) in [6.45, 7) is -0.750. The molecule has 1 fully saturated rings. The van der Waals surface area contributed by atoms with Gasteiger partial charge < -0.3 is 44.3 Å². The Hall–Kier alpha value is -0.129. The van der Waals surface area contributed by atoms with E-state index in [2.05, 4.69) is 19.5 Å². The van der Waals surface area contributed by atoms with Gasteiger partial charge in [0, 0.05) is 0 Å². The van der Waals surface area contributed by atoms with Crippen molar-refractivity contribution in [3.8, 4) is 0 Å². The van der Waals surface area contributed by atoms with Crippen LogP contribution < -0.4 is 15.3 Å². The number of H-pyrrole nitrogens is 1. The van der Waals surface area contributed by atoms with Crippen molar-refractivity contribution in [1.29, 1.82) is 0 Å². The van der Waals surface area contributed by atoms with Crippen LogP contribution in [0.1, 0.15) is 6.23 Å². The Balaban J connectivity index is 0.00000156. The van der Waals surface area contributed by atoms with E-state index >= 15 is 0 Å². The van der Waals surface area contributed by atoms with Gasteiger partial charge in [-0.3, -0.25) is 9.36 Å². The zero-order chi connectivity index (χ0) is 16.8. The van der Waals surface area contributed by atoms with E-state index in [0.29, 0.717) is 0 Å². The van der Waals surface area contributed by atoms with Gasteiger partial charge >= 0.3 is 48.9 Å². The molecule has 1 saturated heterocycles. The average molecular weight is 502 g/mol. The van der Waals surface area contributed by atoms with Gasteiger partial charge in [0.2, 0.25) is 0 Å². The van der Waals surface area contributed by atoms with Gasteiger partial charge in [-0.1, -0.05) is 0 Å². The number of hydrogen-bond donors (Lipinski definition) is 3. The number of aliphatic hydroxyl groups excluding tert-OH is 2. The summed E-state index contributed by atoms with van der Waals surface area (Å²) in [6, 6.07) is 0. The van der Waals surface area contributed by atoms with Crippen LogP contribution in [0, 0.1) is 0 Å². The minimum atomic E-state index is -5.24. The number of aromatic nitrogens is 4. The first-order chi connectivity index (χ1) is 10.8. The summed E-state index contributed by atoms with van der Waals surface area (Å²) in [7, 11) is -5.24. The number of imidazole rings is 1. The van der Waals surface area contributed by atoms with Crippen LogP contribution in [0.25, 0.3) is 11.2 Å². The molecule has 0 unspecified atom stereocenters. The zero-order valence-corrected chi connectivity index (χ0v) is 17.8. The standard InChI is InChI=1S/C10H13N4O8P.Ba.H2O/c15-6-4(1-21-23(18,19)20)22-10(7(6)16)14-3-13-5-8(14)11-2-12-9(5)17;;/h2-4,6-7,10,15-16H,1H2,(H,11,12,17)(H2,18,19,20);;1H2/q;+2;/p-2/t4-,6-,7-,10-;;/m1../s1. The molecule has 5 N–H and O–H groups in total. The van der Waals surface area contributed by atoms with Crippen LogP contribution in [0.5, 0.6) is 0 Å². The number of phosphoric ester groups is 1. The van der Waals surface area contributed by atoms with Gasteiger partial charge in [0.15, 0.2) is 17.4 Å². The number of rotatable bonds is 4. The van der Waals surface area contributed by atoms with Gasteiger partial charge in [-0.15, -0.1) is 0 Å². The molecular weight excluding hydrogens is 488 g/mol. The molecule has 0 radical (unpaired) electrons. The van der Waals surface area contributed by atoms with E-state index in [1.54, 1.807) is 0 Å². The molecule has 2 aromatic heterocycles. The summed E-state index contributed by atoms with van der Waals surface area (Å²) >= 11 is 0. The molecular formula is C10H13BaN4O9P. The van der Waals surface area contributed by atoms with E-state index in [9.17, 15) is 29.4 Å². The van der Waals surface area contributed by atoms with E-state index < -0.39 is 44.5 Å². The maximum absolute atomic E-state index is 11.6. The second kappa shape index (κ2) is 8.71. The SMILES string of the molecule is O.O=c1[nH]cnc2c1ncn2[C@@H]1O[C@H](COP(=O)([O-])[O-])[C@@H](O)[C@H]1O.[Ba+2]. The fourth-order valence-electron chi connectivity index (χ4n) is 2.31. The number of phosphoric acid groups is 1. The number of aliphatic hydroxyl groups is 2. The van der Waals surface area contributed by atoms with Crippen molar-refractivity contribution in [2.75, 3.05) is 6.61 Å². The third kappa shape index (κ3) is 4.78.